The molecule has 2 aromatic heterocycles. The molecule has 0 bridgehead atoms. The topological polar surface area (TPSA) is 225 Å². The summed E-state index contributed by atoms with van der Waals surface area (Å²) in [7, 11) is 1.55. The van der Waals surface area contributed by atoms with Crippen LogP contribution in [0.25, 0.3) is 16.6 Å². The van der Waals surface area contributed by atoms with E-state index in [1.165, 1.54) is 34.6 Å². The van der Waals surface area contributed by atoms with Gasteiger partial charge in [0, 0.05) is 41.9 Å². The lowest BCUT2D eigenvalue weighted by atomic mass is 9.88. The third kappa shape index (κ3) is 8.19. The van der Waals surface area contributed by atoms with E-state index in [2.05, 4.69) is 10.3 Å². The number of carbonyl (C=O) groups is 4. The largest absolute Gasteiger partial charge is 0.497 e. The number of aromatic nitrogens is 3. The van der Waals surface area contributed by atoms with Crippen LogP contribution in [0.5, 0.6) is 17.2 Å². The van der Waals surface area contributed by atoms with Gasteiger partial charge in [-0.2, -0.15) is 0 Å². The summed E-state index contributed by atoms with van der Waals surface area (Å²) in [6.45, 7) is 4.67. The van der Waals surface area contributed by atoms with Gasteiger partial charge in [0.25, 0.3) is 11.5 Å². The van der Waals surface area contributed by atoms with Crippen LogP contribution in [0.15, 0.2) is 83.8 Å². The molecule has 2 heterocycles. The number of ether oxygens (including phenoxy) is 2. The highest BCUT2D eigenvalue weighted by Crippen LogP contribution is 2.33. The fraction of sp³-hybridized carbons (Fsp3) is 0.200. The Balaban J connectivity index is 0.000000894. The number of nitrogens with two attached hydrogens (primary N) is 1. The van der Waals surface area contributed by atoms with Gasteiger partial charge in [-0.25, -0.2) is 18.7 Å². The molecule has 3 aromatic carbocycles. The normalized spacial score (nSPS) is 12.5. The smallest absolute Gasteiger partial charge is 0.414 e. The van der Waals surface area contributed by atoms with E-state index in [4.69, 9.17) is 35.0 Å². The molecule has 0 saturated carbocycles. The molecule has 0 radical (unpaired) electrons. The highest BCUT2D eigenvalue weighted by Gasteiger charge is 2.36. The quantitative estimate of drug-likeness (QED) is 0.129. The number of anilines is 1. The molecule has 266 valence electrons. The van der Waals surface area contributed by atoms with Crippen molar-refractivity contribution in [1.82, 2.24) is 14.3 Å². The van der Waals surface area contributed by atoms with E-state index in [1.54, 1.807) is 75.6 Å². The number of pyridine rings is 1. The number of hydrogen-bond acceptors (Lipinski definition) is 9. The van der Waals surface area contributed by atoms with Crippen LogP contribution in [-0.2, 0) is 20.9 Å². The summed E-state index contributed by atoms with van der Waals surface area (Å²) in [6, 6.07) is 19.4. The lowest BCUT2D eigenvalue weighted by Gasteiger charge is -2.28. The van der Waals surface area contributed by atoms with Crippen LogP contribution in [0, 0.1) is 18.7 Å². The Hall–Kier alpha value is -6.55. The molecule has 0 spiro atoms. The maximum atomic E-state index is 15.2. The molecule has 0 aliphatic rings. The fourth-order valence-electron chi connectivity index (χ4n) is 4.91. The van der Waals surface area contributed by atoms with E-state index < -0.39 is 46.6 Å². The number of aliphatic carboxylic acids is 3. The van der Waals surface area contributed by atoms with Crippen LogP contribution in [0.1, 0.15) is 29.9 Å². The third-order valence-corrected chi connectivity index (χ3v) is 8.06. The summed E-state index contributed by atoms with van der Waals surface area (Å²) >= 11 is 0. The van der Waals surface area contributed by atoms with Gasteiger partial charge < -0.3 is 35.8 Å². The molecular formula is C35H34FN5O10. The second kappa shape index (κ2) is 15.3. The maximum absolute atomic E-state index is 15.2. The number of nitrogens with one attached hydrogen (secondary N) is 1. The molecule has 51 heavy (non-hydrogen) atoms. The molecule has 0 saturated heterocycles. The van der Waals surface area contributed by atoms with E-state index in [9.17, 15) is 19.5 Å². The zero-order chi connectivity index (χ0) is 37.6. The highest BCUT2D eigenvalue weighted by molar-refractivity contribution is 6.27. The molecule has 1 amide bonds. The van der Waals surface area contributed by atoms with Crippen molar-refractivity contribution in [2.45, 2.75) is 32.9 Å². The summed E-state index contributed by atoms with van der Waals surface area (Å²) in [4.78, 5) is 61.5. The van der Waals surface area contributed by atoms with Crippen LogP contribution < -0.4 is 26.1 Å². The average Bonchev–Trinajstić information content (AvgIpc) is 3.34. The van der Waals surface area contributed by atoms with Gasteiger partial charge in [0.05, 0.1) is 24.0 Å². The van der Waals surface area contributed by atoms with Gasteiger partial charge in [0.15, 0.2) is 11.6 Å². The number of para-hydroxylation sites is 1. The van der Waals surface area contributed by atoms with Gasteiger partial charge in [-0.05, 0) is 56.3 Å². The second-order valence-electron chi connectivity index (χ2n) is 11.5. The first-order valence-electron chi connectivity index (χ1n) is 15.1. The van der Waals surface area contributed by atoms with Crippen molar-refractivity contribution >= 4 is 40.4 Å². The Morgan fingerprint density at radius 2 is 1.65 bits per heavy atom. The number of amides is 1. The number of hydrogen-bond donors (Lipinski definition) is 5. The number of carboxylic acids is 3. The van der Waals surface area contributed by atoms with Crippen LogP contribution >= 0.6 is 0 Å². The highest BCUT2D eigenvalue weighted by atomic mass is 19.1. The first-order valence-corrected chi connectivity index (χ1v) is 15.1. The van der Waals surface area contributed by atoms with Crippen molar-refractivity contribution in [1.29, 1.82) is 0 Å². The Bertz CT molecular complexity index is 2170. The van der Waals surface area contributed by atoms with Gasteiger partial charge >= 0.3 is 17.9 Å². The number of benzene rings is 3. The number of halogens is 1. The summed E-state index contributed by atoms with van der Waals surface area (Å²) in [5, 5.41) is 27.7. The molecule has 6 N–H and O–H groups in total. The first kappa shape index (κ1) is 37.3. The predicted molar refractivity (Wildman–Crippen MR) is 182 cm³/mol. The van der Waals surface area contributed by atoms with Gasteiger partial charge in [-0.15, -0.1) is 0 Å². The number of carboxylic acid groups (broad SMARTS) is 3. The van der Waals surface area contributed by atoms with Crippen LogP contribution in [0.4, 0.5) is 10.1 Å². The van der Waals surface area contributed by atoms with Crippen LogP contribution in [0.2, 0.25) is 0 Å². The minimum Gasteiger partial charge on any atom is -0.497 e. The zero-order valence-electron chi connectivity index (χ0n) is 27.8. The number of carbonyl (C=O) groups excluding carboxylic acids is 1. The van der Waals surface area contributed by atoms with Crippen LogP contribution in [-0.4, -0.2) is 66.1 Å². The maximum Gasteiger partial charge on any atom is 0.414 e. The SMILES string of the molecule is COc1ccc2c(Oc3ccc(NC(=O)c4c(C)n(C[C@@H](C)[C@](C)(N)C(=O)O)n(-c5ccccc5)c4=O)cc3F)ccnc2c1.O=C(O)C(=O)O. The summed E-state index contributed by atoms with van der Waals surface area (Å²) < 4.78 is 29.2. The van der Waals surface area contributed by atoms with Gasteiger partial charge in [-0.3, -0.25) is 24.0 Å². The standard InChI is InChI=1S/C33H32FN5O6.C2H2O4/c1-19(33(3,35)32(42)43)18-38-20(2)29(31(41)39(38)22-8-6-5-7-9-22)30(40)37-21-10-13-28(25(34)16-21)45-27-14-15-36-26-17-23(44-4)11-12-24(26)27;3-1(4)2(5)6/h5-17,19H,18,35H2,1-4H3,(H,37,40)(H,42,43);(H,3,4)(H,5,6)/t19-,33+;/m1./s1. The monoisotopic (exact) mass is 703 g/mol. The zero-order valence-corrected chi connectivity index (χ0v) is 27.8. The van der Waals surface area contributed by atoms with E-state index in [-0.39, 0.29) is 29.2 Å². The molecule has 5 rings (SSSR count). The van der Waals surface area contributed by atoms with Crippen molar-refractivity contribution in [3.8, 4) is 22.9 Å². The minimum absolute atomic E-state index is 0.0275. The molecule has 2 atom stereocenters. The van der Waals surface area contributed by atoms with Crippen LogP contribution in [0.3, 0.4) is 0 Å². The number of methoxy groups -OCH3 is 1. The summed E-state index contributed by atoms with van der Waals surface area (Å²) in [5.74, 6) is -6.07. The fourth-order valence-corrected chi connectivity index (χ4v) is 4.91. The summed E-state index contributed by atoms with van der Waals surface area (Å²) in [6.07, 6.45) is 1.54. The minimum atomic E-state index is -1.82. The Morgan fingerprint density at radius 1 is 0.980 bits per heavy atom. The Kier molecular flexibility index (Phi) is 11.2. The van der Waals surface area contributed by atoms with E-state index in [1.807, 2.05) is 0 Å². The molecule has 5 aromatic rings. The molecule has 0 aliphatic heterocycles. The molecule has 0 unspecified atom stereocenters. The predicted octanol–water partition coefficient (Wildman–Crippen LogP) is 4.28. The molecule has 16 heteroatoms. The lowest BCUT2D eigenvalue weighted by molar-refractivity contribution is -0.159. The van der Waals surface area contributed by atoms with Gasteiger partial charge in [0.2, 0.25) is 0 Å². The number of fused-ring (bicyclic) bond motifs is 1. The van der Waals surface area contributed by atoms with E-state index in [0.717, 1.165) is 6.07 Å². The third-order valence-electron chi connectivity index (χ3n) is 8.06. The van der Waals surface area contributed by atoms with Crippen molar-refractivity contribution < 1.29 is 48.4 Å². The molecule has 0 aliphatic carbocycles. The molecule has 0 fully saturated rings. The average molecular weight is 704 g/mol. The van der Waals surface area contributed by atoms with Gasteiger partial charge in [-0.1, -0.05) is 25.1 Å². The van der Waals surface area contributed by atoms with Crippen molar-refractivity contribution in [3.05, 3.63) is 106 Å². The van der Waals surface area contributed by atoms with Crippen molar-refractivity contribution in [3.63, 3.8) is 0 Å². The first-order chi connectivity index (χ1) is 24.1. The lowest BCUT2D eigenvalue weighted by Crippen LogP contribution is -2.52. The number of rotatable bonds is 10. The number of nitrogens with zero attached hydrogens (tertiary/aromatic N) is 3. The van der Waals surface area contributed by atoms with E-state index >= 15 is 4.39 Å². The Labute approximate surface area is 289 Å². The van der Waals surface area contributed by atoms with E-state index in [0.29, 0.717) is 28.1 Å². The molecule has 15 nitrogen and oxygen atoms in total. The second-order valence-corrected chi connectivity index (χ2v) is 11.5. The Morgan fingerprint density at radius 3 is 2.24 bits per heavy atom. The summed E-state index contributed by atoms with van der Waals surface area (Å²) in [5.41, 5.74) is 5.13. The van der Waals surface area contributed by atoms with Crippen molar-refractivity contribution in [2.24, 2.45) is 11.7 Å². The van der Waals surface area contributed by atoms with Gasteiger partial charge in [0.1, 0.15) is 22.6 Å². The van der Waals surface area contributed by atoms with Crippen molar-refractivity contribution in [2.75, 3.05) is 12.4 Å². The molecular weight excluding hydrogens is 669 g/mol.